The highest BCUT2D eigenvalue weighted by Gasteiger charge is 2.07. The third-order valence-corrected chi connectivity index (χ3v) is 2.87. The van der Waals surface area contributed by atoms with E-state index in [0.29, 0.717) is 10.8 Å². The molecule has 2 aromatic rings. The van der Waals surface area contributed by atoms with Crippen LogP contribution in [0.5, 0.6) is 0 Å². The van der Waals surface area contributed by atoms with Gasteiger partial charge in [-0.15, -0.1) is 0 Å². The first-order valence-corrected chi connectivity index (χ1v) is 7.09. The molecule has 0 fully saturated rings. The van der Waals surface area contributed by atoms with E-state index in [1.165, 1.54) is 6.20 Å². The third kappa shape index (κ3) is 5.30. The van der Waals surface area contributed by atoms with Crippen molar-refractivity contribution in [3.8, 4) is 0 Å². The summed E-state index contributed by atoms with van der Waals surface area (Å²) in [4.78, 5) is 7.85. The highest BCUT2D eigenvalue weighted by atomic mass is 35.5. The van der Waals surface area contributed by atoms with Crippen LogP contribution in [0.2, 0.25) is 10.3 Å². The van der Waals surface area contributed by atoms with Crippen LogP contribution < -0.4 is 10.6 Å². The summed E-state index contributed by atoms with van der Waals surface area (Å²) in [7, 11) is 1.86. The molecule has 0 radical (unpaired) electrons. The molecule has 0 bridgehead atoms. The Kier molecular flexibility index (Phi) is 7.07. The molecular weight excluding hydrogens is 335 g/mol. The van der Waals surface area contributed by atoms with E-state index < -0.39 is 11.6 Å². The Morgan fingerprint density at radius 3 is 2.48 bits per heavy atom. The van der Waals surface area contributed by atoms with Crippen LogP contribution in [0.25, 0.3) is 0 Å². The molecule has 2 N–H and O–H groups in total. The molecule has 0 spiro atoms. The number of anilines is 3. The molecule has 0 saturated carbocycles. The molecule has 0 unspecified atom stereocenters. The summed E-state index contributed by atoms with van der Waals surface area (Å²) in [6.07, 6.45) is 1.46. The molecule has 0 aliphatic heterocycles. The van der Waals surface area contributed by atoms with Gasteiger partial charge in [-0.3, -0.25) is 0 Å². The maximum atomic E-state index is 8.29. The van der Waals surface area contributed by atoms with Gasteiger partial charge in [0.15, 0.2) is 5.82 Å². The van der Waals surface area contributed by atoms with E-state index in [2.05, 4.69) is 20.6 Å². The van der Waals surface area contributed by atoms with Gasteiger partial charge in [0.2, 0.25) is 5.28 Å². The van der Waals surface area contributed by atoms with E-state index in [1.54, 1.807) is 0 Å². The van der Waals surface area contributed by atoms with Crippen molar-refractivity contribution in [2.75, 3.05) is 17.7 Å². The van der Waals surface area contributed by atoms with Gasteiger partial charge >= 0.3 is 11.6 Å². The Hall–Kier alpha value is -1.70. The first-order valence-electron chi connectivity index (χ1n) is 5.67. The van der Waals surface area contributed by atoms with Crippen LogP contribution in [0.15, 0.2) is 24.4 Å². The lowest BCUT2D eigenvalue weighted by Gasteiger charge is -2.12. The van der Waals surface area contributed by atoms with E-state index in [0.717, 1.165) is 16.9 Å². The van der Waals surface area contributed by atoms with Crippen LogP contribution in [0.4, 0.5) is 17.2 Å². The minimum atomic E-state index is -0.750. The smallest absolute Gasteiger partial charge is 0.335 e. The van der Waals surface area contributed by atoms with Crippen LogP contribution in [0, 0.1) is 6.92 Å². The van der Waals surface area contributed by atoms with Crippen molar-refractivity contribution in [1.82, 2.24) is 9.97 Å². The topological polar surface area (TPSA) is 84.0 Å². The standard InChI is InChI=1S/C12H12Cl2N4.O2S/c1-7-3-4-9(10(5-7)15-2)17-11-8(13)6-16-12(14)18-11;1-3-2/h3-6,15H,1-2H3,(H,16,17,18);. The fourth-order valence-corrected chi connectivity index (χ4v) is 1.81. The van der Waals surface area contributed by atoms with Gasteiger partial charge in [0.1, 0.15) is 5.02 Å². The Bertz CT molecular complexity index is 664. The van der Waals surface area contributed by atoms with Crippen LogP contribution in [0.1, 0.15) is 5.56 Å². The summed E-state index contributed by atoms with van der Waals surface area (Å²) in [5.74, 6) is 0.483. The molecular formula is C12H12Cl2N4O2S. The van der Waals surface area contributed by atoms with E-state index in [-0.39, 0.29) is 5.28 Å². The number of hydrogen-bond donors (Lipinski definition) is 2. The maximum absolute atomic E-state index is 8.29. The van der Waals surface area contributed by atoms with Gasteiger partial charge in [-0.25, -0.2) is 4.98 Å². The predicted octanol–water partition coefficient (Wildman–Crippen LogP) is 3.21. The van der Waals surface area contributed by atoms with Crippen molar-refractivity contribution in [1.29, 1.82) is 0 Å². The first kappa shape index (κ1) is 17.4. The largest absolute Gasteiger partial charge is 0.386 e. The number of halogens is 2. The summed E-state index contributed by atoms with van der Waals surface area (Å²) in [5.41, 5.74) is 3.00. The highest BCUT2D eigenvalue weighted by molar-refractivity contribution is 7.51. The normalized spacial score (nSPS) is 9.33. The van der Waals surface area contributed by atoms with Crippen molar-refractivity contribution in [2.24, 2.45) is 0 Å². The van der Waals surface area contributed by atoms with Crippen molar-refractivity contribution in [3.05, 3.63) is 40.3 Å². The number of aromatic nitrogens is 2. The van der Waals surface area contributed by atoms with E-state index >= 15 is 0 Å². The number of aryl methyl sites for hydroxylation is 1. The van der Waals surface area contributed by atoms with Crippen LogP contribution in [-0.2, 0) is 11.6 Å². The maximum Gasteiger partial charge on any atom is 0.335 e. The Morgan fingerprint density at radius 1 is 1.19 bits per heavy atom. The van der Waals surface area contributed by atoms with Gasteiger partial charge in [-0.05, 0) is 36.2 Å². The summed E-state index contributed by atoms with van der Waals surface area (Å²) < 4.78 is 16.6. The van der Waals surface area contributed by atoms with E-state index in [1.807, 2.05) is 32.2 Å². The molecule has 1 aromatic heterocycles. The molecule has 6 nitrogen and oxygen atoms in total. The summed E-state index contributed by atoms with van der Waals surface area (Å²) in [6, 6.07) is 5.98. The molecule has 0 aliphatic carbocycles. The molecule has 9 heteroatoms. The van der Waals surface area contributed by atoms with Crippen molar-refractivity contribution in [2.45, 2.75) is 6.92 Å². The molecule has 21 heavy (non-hydrogen) atoms. The predicted molar refractivity (Wildman–Crippen MR) is 85.0 cm³/mol. The zero-order chi connectivity index (χ0) is 15.8. The Labute approximate surface area is 135 Å². The van der Waals surface area contributed by atoms with Crippen molar-refractivity contribution < 1.29 is 8.42 Å². The van der Waals surface area contributed by atoms with Gasteiger partial charge < -0.3 is 10.6 Å². The van der Waals surface area contributed by atoms with Crippen LogP contribution >= 0.6 is 23.2 Å². The molecule has 112 valence electrons. The van der Waals surface area contributed by atoms with E-state index in [9.17, 15) is 0 Å². The van der Waals surface area contributed by atoms with Crippen LogP contribution in [-0.4, -0.2) is 25.4 Å². The lowest BCUT2D eigenvalue weighted by Crippen LogP contribution is -2.00. The number of hydrogen-bond acceptors (Lipinski definition) is 6. The van der Waals surface area contributed by atoms with Crippen LogP contribution in [0.3, 0.4) is 0 Å². The third-order valence-electron chi connectivity index (χ3n) is 2.41. The van der Waals surface area contributed by atoms with Gasteiger partial charge in [0, 0.05) is 7.05 Å². The average Bonchev–Trinajstić information content (AvgIpc) is 2.45. The fraction of sp³-hybridized carbons (Fsp3) is 0.167. The zero-order valence-electron chi connectivity index (χ0n) is 11.2. The SMILES string of the molecule is CNc1cc(C)ccc1Nc1nc(Cl)ncc1Cl.O=S=O. The number of nitrogens with zero attached hydrogens (tertiary/aromatic N) is 2. The van der Waals surface area contributed by atoms with Gasteiger partial charge in [0.25, 0.3) is 0 Å². The molecule has 2 rings (SSSR count). The lowest BCUT2D eigenvalue weighted by molar-refractivity contribution is 0.630. The lowest BCUT2D eigenvalue weighted by atomic mass is 10.2. The second kappa shape index (κ2) is 8.56. The molecule has 0 amide bonds. The second-order valence-corrected chi connectivity index (χ2v) is 4.71. The molecule has 0 saturated heterocycles. The van der Waals surface area contributed by atoms with E-state index in [4.69, 9.17) is 31.6 Å². The second-order valence-electron chi connectivity index (χ2n) is 3.83. The average molecular weight is 347 g/mol. The molecule has 1 heterocycles. The highest BCUT2D eigenvalue weighted by Crippen LogP contribution is 2.29. The fourth-order valence-electron chi connectivity index (χ4n) is 1.53. The summed E-state index contributed by atoms with van der Waals surface area (Å²) in [5, 5.41) is 6.81. The molecule has 0 aliphatic rings. The minimum absolute atomic E-state index is 0.153. The quantitative estimate of drug-likeness (QED) is 0.830. The van der Waals surface area contributed by atoms with Crippen molar-refractivity contribution >= 4 is 52.0 Å². The number of rotatable bonds is 3. The number of benzene rings is 1. The van der Waals surface area contributed by atoms with Gasteiger partial charge in [-0.2, -0.15) is 13.4 Å². The van der Waals surface area contributed by atoms with Gasteiger partial charge in [-0.1, -0.05) is 17.7 Å². The Balaban J connectivity index is 0.000000677. The monoisotopic (exact) mass is 346 g/mol. The van der Waals surface area contributed by atoms with Gasteiger partial charge in [0.05, 0.1) is 17.6 Å². The Morgan fingerprint density at radius 2 is 1.86 bits per heavy atom. The summed E-state index contributed by atoms with van der Waals surface area (Å²) in [6.45, 7) is 2.03. The first-order chi connectivity index (χ1) is 10.0. The molecule has 0 atom stereocenters. The minimum Gasteiger partial charge on any atom is -0.386 e. The summed E-state index contributed by atoms with van der Waals surface area (Å²) >= 11 is 11.0. The number of nitrogens with one attached hydrogen (secondary N) is 2. The molecule has 1 aromatic carbocycles. The van der Waals surface area contributed by atoms with Crippen molar-refractivity contribution in [3.63, 3.8) is 0 Å². The zero-order valence-corrected chi connectivity index (χ0v) is 13.5.